The van der Waals surface area contributed by atoms with Crippen molar-refractivity contribution in [3.63, 3.8) is 0 Å². The molecule has 0 unspecified atom stereocenters. The maximum absolute atomic E-state index is 15.1. The zero-order chi connectivity index (χ0) is 16.4. The van der Waals surface area contributed by atoms with Crippen LogP contribution in [0.4, 0.5) is 4.39 Å². The third kappa shape index (κ3) is 2.01. The van der Waals surface area contributed by atoms with Gasteiger partial charge in [0.1, 0.15) is 6.17 Å². The molecule has 0 spiro atoms. The predicted molar refractivity (Wildman–Crippen MR) is 94.8 cm³/mol. The Hall–Kier alpha value is -0.590. The molecule has 4 aliphatic rings. The minimum Gasteiger partial charge on any atom is -0.243 e. The highest BCUT2D eigenvalue weighted by Gasteiger charge is 2.60. The lowest BCUT2D eigenvalue weighted by Crippen LogP contribution is -2.51. The normalized spacial score (nSPS) is 54.9. The number of fused-ring (bicyclic) bond motifs is 5. The Morgan fingerprint density at radius 2 is 2.00 bits per heavy atom. The average molecular weight is 317 g/mol. The fourth-order valence-electron chi connectivity index (χ4n) is 7.69. The van der Waals surface area contributed by atoms with Gasteiger partial charge in [0.25, 0.3) is 0 Å². The molecular formula is C22H33F. The van der Waals surface area contributed by atoms with Crippen molar-refractivity contribution in [2.24, 2.45) is 40.4 Å². The Morgan fingerprint density at radius 1 is 1.22 bits per heavy atom. The molecule has 0 aliphatic heterocycles. The lowest BCUT2D eigenvalue weighted by molar-refractivity contribution is -0.0498. The lowest BCUT2D eigenvalue weighted by atomic mass is 9.47. The second-order valence-electron chi connectivity index (χ2n) is 9.43. The molecule has 4 aliphatic carbocycles. The molecule has 0 amide bonds. The van der Waals surface area contributed by atoms with E-state index in [0.29, 0.717) is 17.3 Å². The van der Waals surface area contributed by atoms with E-state index >= 15 is 4.39 Å². The van der Waals surface area contributed by atoms with Crippen molar-refractivity contribution >= 4 is 0 Å². The van der Waals surface area contributed by atoms with Gasteiger partial charge in [-0.15, -0.1) is 0 Å². The molecule has 0 aromatic rings. The number of hydrogen-bond donors (Lipinski definition) is 0. The Kier molecular flexibility index (Phi) is 3.60. The topological polar surface area (TPSA) is 0 Å². The smallest absolute Gasteiger partial charge is 0.122 e. The van der Waals surface area contributed by atoms with Gasteiger partial charge in [0.05, 0.1) is 0 Å². The van der Waals surface area contributed by atoms with Crippen LogP contribution in [0, 0.1) is 40.4 Å². The molecule has 0 aromatic carbocycles. The zero-order valence-corrected chi connectivity index (χ0v) is 15.3. The van der Waals surface area contributed by atoms with Gasteiger partial charge in [-0.05, 0) is 72.7 Å². The summed E-state index contributed by atoms with van der Waals surface area (Å²) in [6.45, 7) is 9.70. The third-order valence-electron chi connectivity index (χ3n) is 8.62. The first kappa shape index (κ1) is 15.9. The first-order valence-corrected chi connectivity index (χ1v) is 9.94. The quantitative estimate of drug-likeness (QED) is 0.495. The Balaban J connectivity index is 1.72. The van der Waals surface area contributed by atoms with Gasteiger partial charge >= 0.3 is 0 Å². The molecule has 0 N–H and O–H groups in total. The first-order valence-electron chi connectivity index (χ1n) is 9.94. The van der Waals surface area contributed by atoms with Crippen LogP contribution in [0.2, 0.25) is 0 Å². The number of halogens is 1. The standard InChI is InChI=1S/C22H33F/c1-5-16-14(2)12-19-15-13-20(23)18-8-6-7-10-21(18,3)17(15)9-11-22(16,19)4/h7-8,10,14-17,19-20H,5-6,9,11-13H2,1-4H3/t14-,15-,16-,17+,19+,20+,21-,22-/m1/s1. The monoisotopic (exact) mass is 316 g/mol. The Labute approximate surface area is 141 Å². The van der Waals surface area contributed by atoms with Gasteiger partial charge in [0.15, 0.2) is 0 Å². The summed E-state index contributed by atoms with van der Waals surface area (Å²) < 4.78 is 15.1. The van der Waals surface area contributed by atoms with E-state index in [1.165, 1.54) is 25.7 Å². The molecule has 0 radical (unpaired) electrons. The number of rotatable bonds is 1. The van der Waals surface area contributed by atoms with Crippen molar-refractivity contribution in [1.82, 2.24) is 0 Å². The van der Waals surface area contributed by atoms with E-state index in [4.69, 9.17) is 0 Å². The van der Waals surface area contributed by atoms with Crippen LogP contribution in [-0.2, 0) is 0 Å². The van der Waals surface area contributed by atoms with Crippen LogP contribution in [0.1, 0.15) is 66.2 Å². The van der Waals surface area contributed by atoms with Crippen molar-refractivity contribution in [1.29, 1.82) is 0 Å². The summed E-state index contributed by atoms with van der Waals surface area (Å²) in [5, 5.41) is 0. The van der Waals surface area contributed by atoms with E-state index in [-0.39, 0.29) is 5.41 Å². The summed E-state index contributed by atoms with van der Waals surface area (Å²) in [5.74, 6) is 3.66. The number of alkyl halides is 1. The molecule has 0 heterocycles. The minimum absolute atomic E-state index is 0.00451. The van der Waals surface area contributed by atoms with Crippen molar-refractivity contribution < 1.29 is 4.39 Å². The molecule has 0 saturated heterocycles. The summed E-state index contributed by atoms with van der Waals surface area (Å²) in [5.41, 5.74) is 1.57. The maximum atomic E-state index is 15.1. The number of hydrogen-bond acceptors (Lipinski definition) is 0. The van der Waals surface area contributed by atoms with Crippen molar-refractivity contribution in [2.45, 2.75) is 72.4 Å². The highest BCUT2D eigenvalue weighted by Crippen LogP contribution is 2.67. The molecular weight excluding hydrogens is 283 g/mol. The summed E-state index contributed by atoms with van der Waals surface area (Å²) >= 11 is 0. The van der Waals surface area contributed by atoms with Crippen LogP contribution < -0.4 is 0 Å². The number of allylic oxidation sites excluding steroid dienone is 4. The van der Waals surface area contributed by atoms with E-state index in [9.17, 15) is 0 Å². The van der Waals surface area contributed by atoms with Gasteiger partial charge in [-0.25, -0.2) is 4.39 Å². The summed E-state index contributed by atoms with van der Waals surface area (Å²) in [7, 11) is 0. The SMILES string of the molecule is CC[C@@H]1[C@H](C)C[C@H]2[C@@H]3C[C@H](F)C4=CCC=C[C@]4(C)[C@H]3CC[C@]12C. The lowest BCUT2D eigenvalue weighted by Gasteiger charge is -2.57. The average Bonchev–Trinajstić information content (AvgIpc) is 2.77. The highest BCUT2D eigenvalue weighted by atomic mass is 19.1. The summed E-state index contributed by atoms with van der Waals surface area (Å²) in [6, 6.07) is 0. The van der Waals surface area contributed by atoms with E-state index in [2.05, 4.69) is 45.9 Å². The second kappa shape index (κ2) is 5.20. The maximum Gasteiger partial charge on any atom is 0.122 e. The zero-order valence-electron chi connectivity index (χ0n) is 15.3. The largest absolute Gasteiger partial charge is 0.243 e. The molecule has 1 heteroatoms. The van der Waals surface area contributed by atoms with Crippen LogP contribution >= 0.6 is 0 Å². The molecule has 128 valence electrons. The molecule has 3 saturated carbocycles. The fraction of sp³-hybridized carbons (Fsp3) is 0.818. The van der Waals surface area contributed by atoms with Gasteiger partial charge in [-0.2, -0.15) is 0 Å². The van der Waals surface area contributed by atoms with E-state index in [1.54, 1.807) is 0 Å². The highest BCUT2D eigenvalue weighted by molar-refractivity contribution is 5.34. The van der Waals surface area contributed by atoms with Crippen molar-refractivity contribution in [2.75, 3.05) is 0 Å². The summed E-state index contributed by atoms with van der Waals surface area (Å²) in [4.78, 5) is 0. The van der Waals surface area contributed by atoms with Crippen LogP contribution in [0.15, 0.2) is 23.8 Å². The van der Waals surface area contributed by atoms with E-state index in [0.717, 1.165) is 36.2 Å². The van der Waals surface area contributed by atoms with Gasteiger partial charge in [-0.1, -0.05) is 52.3 Å². The molecule has 3 fully saturated rings. The van der Waals surface area contributed by atoms with Crippen molar-refractivity contribution in [3.8, 4) is 0 Å². The van der Waals surface area contributed by atoms with Crippen LogP contribution in [-0.4, -0.2) is 6.17 Å². The van der Waals surface area contributed by atoms with Crippen LogP contribution in [0.3, 0.4) is 0 Å². The molecule has 0 nitrogen and oxygen atoms in total. The van der Waals surface area contributed by atoms with Gasteiger partial charge in [-0.3, -0.25) is 0 Å². The molecule has 4 rings (SSSR count). The fourth-order valence-corrected chi connectivity index (χ4v) is 7.69. The molecule has 0 bridgehead atoms. The predicted octanol–water partition coefficient (Wildman–Crippen LogP) is 6.34. The second-order valence-corrected chi connectivity index (χ2v) is 9.43. The minimum atomic E-state index is -0.704. The third-order valence-corrected chi connectivity index (χ3v) is 8.62. The molecule has 0 aromatic heterocycles. The van der Waals surface area contributed by atoms with E-state index in [1.807, 2.05) is 0 Å². The van der Waals surface area contributed by atoms with E-state index < -0.39 is 6.17 Å². The first-order chi connectivity index (χ1) is 10.9. The van der Waals surface area contributed by atoms with Crippen LogP contribution in [0.25, 0.3) is 0 Å². The molecule has 8 atom stereocenters. The Morgan fingerprint density at radius 3 is 2.74 bits per heavy atom. The van der Waals surface area contributed by atoms with Gasteiger partial charge in [0, 0.05) is 5.41 Å². The Bertz CT molecular complexity index is 546. The molecule has 23 heavy (non-hydrogen) atoms. The van der Waals surface area contributed by atoms with Crippen molar-refractivity contribution in [3.05, 3.63) is 23.8 Å². The van der Waals surface area contributed by atoms with Crippen LogP contribution in [0.5, 0.6) is 0 Å². The van der Waals surface area contributed by atoms with Gasteiger partial charge < -0.3 is 0 Å². The summed E-state index contributed by atoms with van der Waals surface area (Å²) in [6.07, 6.45) is 13.1. The van der Waals surface area contributed by atoms with Gasteiger partial charge in [0.2, 0.25) is 0 Å².